The lowest BCUT2D eigenvalue weighted by molar-refractivity contribution is -0.870. The summed E-state index contributed by atoms with van der Waals surface area (Å²) in [6.45, 7) is 3.88. The van der Waals surface area contributed by atoms with Gasteiger partial charge in [0.2, 0.25) is 0 Å². The number of allylic oxidation sites excluding steroid dienone is 10. The molecule has 0 radical (unpaired) electrons. The third-order valence-electron chi connectivity index (χ3n) is 8.33. The van der Waals surface area contributed by atoms with Crippen LogP contribution in [0.2, 0.25) is 0 Å². The molecule has 11 heteroatoms. The third kappa shape index (κ3) is 39.4. The van der Waals surface area contributed by atoms with Crippen LogP contribution in [0.4, 0.5) is 0 Å². The topological polar surface area (TPSA) is 131 Å². The number of aliphatic hydroxyl groups excluding tert-OH is 1. The molecule has 0 spiro atoms. The number of aliphatic hydroxyl groups is 1. The normalized spacial score (nSPS) is 15.0. The smallest absolute Gasteiger partial charge is 0.306 e. The quantitative estimate of drug-likeness (QED) is 0.0165. The molecule has 0 aromatic carbocycles. The van der Waals surface area contributed by atoms with Gasteiger partial charge in [-0.15, -0.1) is 0 Å². The van der Waals surface area contributed by atoms with E-state index >= 15 is 0 Å². The van der Waals surface area contributed by atoms with Gasteiger partial charge in [-0.2, -0.15) is 0 Å². The largest absolute Gasteiger partial charge is 0.756 e. The van der Waals surface area contributed by atoms with Gasteiger partial charge in [0.05, 0.1) is 33.9 Å². The standard InChI is InChI=1S/C44H76NO9P/c1-6-8-10-11-12-13-17-21-24-27-31-35-43(47)51-39-42(40-53-55(49,50)52-38-37-45(3,4)5)54-44(48)36-32-28-25-22-19-16-14-15-18-20-23-26-30-34-41(46)33-29-9-7-2/h9,15-16,18-19,23,25-26,28-30,34,41-42,46H,6-8,10-14,17,20-22,24,27,31-33,35-40H2,1-5H3/b18-15-,19-16-,26-23+,28-25-,29-9-,34-30+/t41?,42-/m1/s1. The van der Waals surface area contributed by atoms with Gasteiger partial charge in [0.25, 0.3) is 7.82 Å². The minimum atomic E-state index is -4.65. The molecule has 0 amide bonds. The Labute approximate surface area is 334 Å². The summed E-state index contributed by atoms with van der Waals surface area (Å²) in [6, 6.07) is 0. The molecule has 0 saturated heterocycles. The number of hydrogen-bond acceptors (Lipinski definition) is 9. The number of quaternary nitrogens is 1. The van der Waals surface area contributed by atoms with Crippen molar-refractivity contribution in [3.05, 3.63) is 72.9 Å². The number of phosphoric acid groups is 1. The lowest BCUT2D eigenvalue weighted by atomic mass is 10.1. The average molecular weight is 794 g/mol. The number of esters is 2. The number of likely N-dealkylation sites (N-methyl/N-ethyl adjacent to an activating group) is 1. The highest BCUT2D eigenvalue weighted by atomic mass is 31.2. The van der Waals surface area contributed by atoms with Crippen LogP contribution in [0.15, 0.2) is 72.9 Å². The number of nitrogens with zero attached hydrogens (tertiary/aromatic N) is 1. The predicted molar refractivity (Wildman–Crippen MR) is 223 cm³/mol. The van der Waals surface area contributed by atoms with E-state index < -0.39 is 38.6 Å². The first-order chi connectivity index (χ1) is 26.4. The van der Waals surface area contributed by atoms with Crippen molar-refractivity contribution in [2.24, 2.45) is 0 Å². The number of hydrogen-bond donors (Lipinski definition) is 1. The lowest BCUT2D eigenvalue weighted by Gasteiger charge is -2.28. The maximum atomic E-state index is 12.6. The lowest BCUT2D eigenvalue weighted by Crippen LogP contribution is -2.37. The van der Waals surface area contributed by atoms with Crippen LogP contribution >= 0.6 is 7.82 Å². The highest BCUT2D eigenvalue weighted by Crippen LogP contribution is 2.38. The molecule has 1 N–H and O–H groups in total. The molecule has 2 unspecified atom stereocenters. The van der Waals surface area contributed by atoms with Crippen molar-refractivity contribution < 1.29 is 47.2 Å². The number of unbranched alkanes of at least 4 members (excludes halogenated alkanes) is 10. The molecule has 316 valence electrons. The minimum Gasteiger partial charge on any atom is -0.756 e. The van der Waals surface area contributed by atoms with E-state index in [4.69, 9.17) is 18.5 Å². The number of carbonyl (C=O) groups excluding carboxylic acids is 2. The zero-order valence-corrected chi connectivity index (χ0v) is 35.8. The fourth-order valence-electron chi connectivity index (χ4n) is 5.06. The number of ether oxygens (including phenoxy) is 2. The summed E-state index contributed by atoms with van der Waals surface area (Å²) in [5.41, 5.74) is 0. The van der Waals surface area contributed by atoms with Gasteiger partial charge in [-0.3, -0.25) is 14.2 Å². The Hall–Kier alpha value is -2.59. The van der Waals surface area contributed by atoms with Gasteiger partial charge in [-0.1, -0.05) is 151 Å². The molecule has 0 saturated carbocycles. The molecular weight excluding hydrogens is 717 g/mol. The van der Waals surface area contributed by atoms with Crippen molar-refractivity contribution in [1.29, 1.82) is 0 Å². The van der Waals surface area contributed by atoms with E-state index in [1.54, 1.807) is 6.08 Å². The fraction of sp³-hybridized carbons (Fsp3) is 0.682. The zero-order valence-electron chi connectivity index (χ0n) is 35.0. The first kappa shape index (κ1) is 52.4. The highest BCUT2D eigenvalue weighted by molar-refractivity contribution is 7.45. The monoisotopic (exact) mass is 794 g/mol. The Bertz CT molecular complexity index is 1190. The van der Waals surface area contributed by atoms with Gasteiger partial charge < -0.3 is 33.0 Å². The maximum absolute atomic E-state index is 12.6. The van der Waals surface area contributed by atoms with E-state index in [9.17, 15) is 24.2 Å². The van der Waals surface area contributed by atoms with Crippen LogP contribution in [0, 0.1) is 0 Å². The molecule has 0 bridgehead atoms. The van der Waals surface area contributed by atoms with Gasteiger partial charge in [-0.05, 0) is 44.9 Å². The molecule has 55 heavy (non-hydrogen) atoms. The highest BCUT2D eigenvalue weighted by Gasteiger charge is 2.21. The molecular formula is C44H76NO9P. The first-order valence-electron chi connectivity index (χ1n) is 20.8. The van der Waals surface area contributed by atoms with Crippen molar-refractivity contribution in [2.75, 3.05) is 47.5 Å². The van der Waals surface area contributed by atoms with E-state index in [1.807, 2.05) is 69.8 Å². The van der Waals surface area contributed by atoms with Gasteiger partial charge >= 0.3 is 11.9 Å². The SMILES string of the molecule is CC/C=C\CC(O)/C=C/C=C/C/C=C\C/C=C\C/C=C\CCC(=O)O[C@H](COC(=O)CCCCCCCCCCCCC)COP(=O)([O-])OCC[N+](C)(C)C. The third-order valence-corrected chi connectivity index (χ3v) is 9.30. The van der Waals surface area contributed by atoms with Gasteiger partial charge in [0, 0.05) is 12.8 Å². The van der Waals surface area contributed by atoms with Crippen molar-refractivity contribution in [1.82, 2.24) is 0 Å². The van der Waals surface area contributed by atoms with E-state index in [0.29, 0.717) is 30.3 Å². The summed E-state index contributed by atoms with van der Waals surface area (Å²) in [5, 5.41) is 9.84. The van der Waals surface area contributed by atoms with Crippen molar-refractivity contribution in [2.45, 2.75) is 148 Å². The summed E-state index contributed by atoms with van der Waals surface area (Å²) in [7, 11) is 1.08. The zero-order chi connectivity index (χ0) is 40.9. The van der Waals surface area contributed by atoms with Crippen molar-refractivity contribution in [3.63, 3.8) is 0 Å². The Kier molecular flexibility index (Phi) is 34.1. The molecule has 0 aromatic heterocycles. The second-order valence-corrected chi connectivity index (χ2v) is 16.2. The molecule has 10 nitrogen and oxygen atoms in total. The van der Waals surface area contributed by atoms with Crippen LogP contribution in [0.1, 0.15) is 136 Å². The molecule has 0 aliphatic heterocycles. The molecule has 0 heterocycles. The molecule has 0 rings (SSSR count). The Morgan fingerprint density at radius 3 is 1.87 bits per heavy atom. The van der Waals surface area contributed by atoms with Crippen molar-refractivity contribution in [3.8, 4) is 0 Å². The summed E-state index contributed by atoms with van der Waals surface area (Å²) >= 11 is 0. The molecule has 0 aliphatic rings. The molecule has 3 atom stereocenters. The van der Waals surface area contributed by atoms with Crippen LogP contribution in [0.5, 0.6) is 0 Å². The van der Waals surface area contributed by atoms with Crippen LogP contribution in [0.25, 0.3) is 0 Å². The number of phosphoric ester groups is 1. The summed E-state index contributed by atoms with van der Waals surface area (Å²) in [4.78, 5) is 37.4. The van der Waals surface area contributed by atoms with E-state index in [2.05, 4.69) is 32.1 Å². The maximum Gasteiger partial charge on any atom is 0.306 e. The van der Waals surface area contributed by atoms with Crippen LogP contribution in [-0.4, -0.2) is 81.2 Å². The van der Waals surface area contributed by atoms with E-state index in [-0.39, 0.29) is 26.1 Å². The van der Waals surface area contributed by atoms with E-state index in [0.717, 1.165) is 44.9 Å². The molecule has 0 aliphatic carbocycles. The second kappa shape index (κ2) is 35.8. The van der Waals surface area contributed by atoms with Gasteiger partial charge in [-0.25, -0.2) is 0 Å². The Morgan fingerprint density at radius 2 is 1.27 bits per heavy atom. The van der Waals surface area contributed by atoms with Crippen LogP contribution in [0.3, 0.4) is 0 Å². The Morgan fingerprint density at radius 1 is 0.691 bits per heavy atom. The fourth-order valence-corrected chi connectivity index (χ4v) is 5.79. The number of rotatable bonds is 36. The predicted octanol–water partition coefficient (Wildman–Crippen LogP) is 9.80. The van der Waals surface area contributed by atoms with Gasteiger partial charge in [0.1, 0.15) is 19.8 Å². The van der Waals surface area contributed by atoms with Gasteiger partial charge in [0.15, 0.2) is 6.10 Å². The minimum absolute atomic E-state index is 0.0541. The van der Waals surface area contributed by atoms with Crippen molar-refractivity contribution >= 4 is 19.8 Å². The second-order valence-electron chi connectivity index (χ2n) is 14.8. The van der Waals surface area contributed by atoms with Crippen LogP contribution < -0.4 is 4.89 Å². The summed E-state index contributed by atoms with van der Waals surface area (Å²) < 4.78 is 33.7. The molecule has 0 fully saturated rings. The Balaban J connectivity index is 4.57. The summed E-state index contributed by atoms with van der Waals surface area (Å²) in [6.07, 6.45) is 39.9. The van der Waals surface area contributed by atoms with E-state index in [1.165, 1.54) is 44.9 Å². The first-order valence-corrected chi connectivity index (χ1v) is 22.2. The summed E-state index contributed by atoms with van der Waals surface area (Å²) in [5.74, 6) is -0.961. The van der Waals surface area contributed by atoms with Crippen LogP contribution in [-0.2, 0) is 32.7 Å². The molecule has 0 aromatic rings. The average Bonchev–Trinajstić information content (AvgIpc) is 3.12. The number of carbonyl (C=O) groups is 2.